The summed E-state index contributed by atoms with van der Waals surface area (Å²) >= 11 is 0. The van der Waals surface area contributed by atoms with Gasteiger partial charge in [-0.3, -0.25) is 4.79 Å². The average molecular weight is 278 g/mol. The van der Waals surface area contributed by atoms with E-state index in [1.165, 1.54) is 19.8 Å². The molecule has 110 valence electrons. The predicted molar refractivity (Wildman–Crippen MR) is 65.6 cm³/mol. The number of hydrogen-bond acceptors (Lipinski definition) is 2. The molecule has 1 saturated carbocycles. The minimum absolute atomic E-state index is 0.286. The highest BCUT2D eigenvalue weighted by molar-refractivity contribution is 5.82. The summed E-state index contributed by atoms with van der Waals surface area (Å²) in [6.07, 6.45) is 0.123. The van der Waals surface area contributed by atoms with Gasteiger partial charge in [0.05, 0.1) is 12.5 Å². The molecule has 0 radical (unpaired) electrons. The van der Waals surface area contributed by atoms with E-state index in [1.54, 1.807) is 0 Å². The standard InChI is InChI=1S/C13H21F3N2O/c1-8(7-13(14,15)16)17-12(19)11-6-9-4-2-3-5-10(9)18-11/h8-11,18H,2-7H2,1H3,(H,17,19). The first-order valence-electron chi connectivity index (χ1n) is 6.98. The fraction of sp³-hybridized carbons (Fsp3) is 0.923. The fourth-order valence-corrected chi connectivity index (χ4v) is 3.26. The van der Waals surface area contributed by atoms with Gasteiger partial charge >= 0.3 is 6.18 Å². The molecule has 1 heterocycles. The topological polar surface area (TPSA) is 41.1 Å². The monoisotopic (exact) mass is 278 g/mol. The van der Waals surface area contributed by atoms with Crippen LogP contribution in [0.2, 0.25) is 0 Å². The van der Waals surface area contributed by atoms with E-state index >= 15 is 0 Å². The number of rotatable bonds is 3. The number of nitrogens with one attached hydrogen (secondary N) is 2. The van der Waals surface area contributed by atoms with Crippen molar-refractivity contribution in [2.45, 2.75) is 69.8 Å². The van der Waals surface area contributed by atoms with Crippen molar-refractivity contribution in [1.29, 1.82) is 0 Å². The molecule has 0 aromatic heterocycles. The van der Waals surface area contributed by atoms with Crippen LogP contribution < -0.4 is 10.6 Å². The van der Waals surface area contributed by atoms with Crippen LogP contribution in [0.4, 0.5) is 13.2 Å². The molecule has 0 bridgehead atoms. The van der Waals surface area contributed by atoms with Crippen molar-refractivity contribution in [3.05, 3.63) is 0 Å². The summed E-state index contributed by atoms with van der Waals surface area (Å²) in [5.74, 6) is 0.230. The van der Waals surface area contributed by atoms with E-state index in [-0.39, 0.29) is 11.9 Å². The first kappa shape index (κ1) is 14.6. The molecule has 2 fully saturated rings. The van der Waals surface area contributed by atoms with Crippen molar-refractivity contribution in [2.75, 3.05) is 0 Å². The Bertz CT molecular complexity index is 318. The molecule has 1 saturated heterocycles. The predicted octanol–water partition coefficient (Wildman–Crippen LogP) is 2.36. The van der Waals surface area contributed by atoms with Crippen LogP contribution in [-0.2, 0) is 4.79 Å². The number of carbonyl (C=O) groups excluding carboxylic acids is 1. The maximum absolute atomic E-state index is 12.2. The third-order valence-corrected chi connectivity index (χ3v) is 4.11. The lowest BCUT2D eigenvalue weighted by molar-refractivity contribution is -0.141. The number of fused-ring (bicyclic) bond motifs is 1. The molecular weight excluding hydrogens is 257 g/mol. The van der Waals surface area contributed by atoms with Gasteiger partial charge in [-0.2, -0.15) is 13.2 Å². The van der Waals surface area contributed by atoms with E-state index in [9.17, 15) is 18.0 Å². The van der Waals surface area contributed by atoms with Gasteiger partial charge in [-0.05, 0) is 32.1 Å². The molecule has 0 spiro atoms. The Kier molecular flexibility index (Phi) is 4.38. The second-order valence-corrected chi connectivity index (χ2v) is 5.83. The number of carbonyl (C=O) groups is 1. The molecule has 6 heteroatoms. The van der Waals surface area contributed by atoms with Crippen molar-refractivity contribution in [2.24, 2.45) is 5.92 Å². The number of alkyl halides is 3. The maximum Gasteiger partial charge on any atom is 0.391 e. The van der Waals surface area contributed by atoms with Gasteiger partial charge in [-0.15, -0.1) is 0 Å². The first-order valence-corrected chi connectivity index (χ1v) is 6.98. The zero-order valence-electron chi connectivity index (χ0n) is 11.1. The zero-order chi connectivity index (χ0) is 14.0. The summed E-state index contributed by atoms with van der Waals surface area (Å²) < 4.78 is 36.6. The summed E-state index contributed by atoms with van der Waals surface area (Å²) in [5.41, 5.74) is 0. The van der Waals surface area contributed by atoms with Crippen LogP contribution in [0.5, 0.6) is 0 Å². The summed E-state index contributed by atoms with van der Waals surface area (Å²) in [5, 5.41) is 5.73. The van der Waals surface area contributed by atoms with Crippen molar-refractivity contribution in [3.8, 4) is 0 Å². The molecule has 4 unspecified atom stereocenters. The van der Waals surface area contributed by atoms with Crippen molar-refractivity contribution in [3.63, 3.8) is 0 Å². The second-order valence-electron chi connectivity index (χ2n) is 5.83. The highest BCUT2D eigenvalue weighted by atomic mass is 19.4. The molecule has 1 amide bonds. The second kappa shape index (κ2) is 5.69. The molecule has 3 nitrogen and oxygen atoms in total. The Labute approximate surface area is 111 Å². The van der Waals surface area contributed by atoms with E-state index in [0.29, 0.717) is 12.0 Å². The molecule has 19 heavy (non-hydrogen) atoms. The van der Waals surface area contributed by atoms with Gasteiger partial charge in [0.15, 0.2) is 0 Å². The number of hydrogen-bond donors (Lipinski definition) is 2. The summed E-state index contributed by atoms with van der Waals surface area (Å²) in [6, 6.07) is -0.803. The van der Waals surface area contributed by atoms with E-state index in [4.69, 9.17) is 0 Å². The van der Waals surface area contributed by atoms with Crippen LogP contribution in [0.25, 0.3) is 0 Å². The SMILES string of the molecule is CC(CC(F)(F)F)NC(=O)C1CC2CCCCC2N1. The molecule has 2 rings (SSSR count). The molecule has 4 atom stereocenters. The van der Waals surface area contributed by atoms with E-state index in [2.05, 4.69) is 10.6 Å². The minimum Gasteiger partial charge on any atom is -0.352 e. The molecular formula is C13H21F3N2O. The number of amides is 1. The van der Waals surface area contributed by atoms with Gasteiger partial charge in [0, 0.05) is 12.1 Å². The lowest BCUT2D eigenvalue weighted by Crippen LogP contribution is -2.46. The molecule has 0 aromatic rings. The Balaban J connectivity index is 1.81. The minimum atomic E-state index is -4.23. The van der Waals surface area contributed by atoms with Crippen LogP contribution in [-0.4, -0.2) is 30.2 Å². The van der Waals surface area contributed by atoms with Gasteiger partial charge in [0.2, 0.25) is 5.91 Å². The quantitative estimate of drug-likeness (QED) is 0.832. The fourth-order valence-electron chi connectivity index (χ4n) is 3.26. The van der Waals surface area contributed by atoms with Crippen LogP contribution in [0.1, 0.15) is 45.4 Å². The van der Waals surface area contributed by atoms with Crippen LogP contribution in [0.15, 0.2) is 0 Å². The van der Waals surface area contributed by atoms with Crippen LogP contribution >= 0.6 is 0 Å². The van der Waals surface area contributed by atoms with Gasteiger partial charge in [0.25, 0.3) is 0 Å². The third kappa shape index (κ3) is 4.09. The average Bonchev–Trinajstić information content (AvgIpc) is 2.69. The normalized spacial score (nSPS) is 32.7. The molecule has 2 aliphatic rings. The van der Waals surface area contributed by atoms with Gasteiger partial charge in [0.1, 0.15) is 0 Å². The molecule has 0 aromatic carbocycles. The highest BCUT2D eigenvalue weighted by Crippen LogP contribution is 2.33. The maximum atomic E-state index is 12.2. The summed E-state index contributed by atoms with van der Waals surface area (Å²) in [7, 11) is 0. The Morgan fingerprint density at radius 1 is 1.37 bits per heavy atom. The third-order valence-electron chi connectivity index (χ3n) is 4.11. The van der Waals surface area contributed by atoms with E-state index in [1.807, 2.05) is 0 Å². The summed E-state index contributed by atoms with van der Waals surface area (Å²) in [6.45, 7) is 1.40. The van der Waals surface area contributed by atoms with E-state index in [0.717, 1.165) is 19.3 Å². The zero-order valence-corrected chi connectivity index (χ0v) is 11.1. The summed E-state index contributed by atoms with van der Waals surface area (Å²) in [4.78, 5) is 11.9. The van der Waals surface area contributed by atoms with Crippen molar-refractivity contribution >= 4 is 5.91 Å². The Morgan fingerprint density at radius 3 is 2.68 bits per heavy atom. The van der Waals surface area contributed by atoms with Crippen LogP contribution in [0, 0.1) is 5.92 Å². The first-order chi connectivity index (χ1) is 8.85. The Morgan fingerprint density at radius 2 is 2.05 bits per heavy atom. The lowest BCUT2D eigenvalue weighted by atomic mass is 9.85. The molecule has 2 N–H and O–H groups in total. The van der Waals surface area contributed by atoms with Gasteiger partial charge < -0.3 is 10.6 Å². The van der Waals surface area contributed by atoms with E-state index < -0.39 is 18.6 Å². The molecule has 1 aliphatic heterocycles. The largest absolute Gasteiger partial charge is 0.391 e. The van der Waals surface area contributed by atoms with Gasteiger partial charge in [-0.1, -0.05) is 12.8 Å². The van der Waals surface area contributed by atoms with Gasteiger partial charge in [-0.25, -0.2) is 0 Å². The molecule has 1 aliphatic carbocycles. The van der Waals surface area contributed by atoms with Crippen molar-refractivity contribution in [1.82, 2.24) is 10.6 Å². The highest BCUT2D eigenvalue weighted by Gasteiger charge is 2.39. The Hall–Kier alpha value is -0.780. The number of halogens is 3. The van der Waals surface area contributed by atoms with Crippen molar-refractivity contribution < 1.29 is 18.0 Å². The smallest absolute Gasteiger partial charge is 0.352 e. The lowest BCUT2D eigenvalue weighted by Gasteiger charge is -2.24. The van der Waals surface area contributed by atoms with Crippen LogP contribution in [0.3, 0.4) is 0 Å².